The lowest BCUT2D eigenvalue weighted by atomic mass is 9.88. The Morgan fingerprint density at radius 1 is 1.08 bits per heavy atom. The summed E-state index contributed by atoms with van der Waals surface area (Å²) in [6, 6.07) is 0. The molecule has 1 saturated heterocycles. The SMILES string of the molecule is O=C1OC2C3CC(CC13)C2OC(=O)C(F)(F)C(F)(F)C(F)(F)C(=O)O. The van der Waals surface area contributed by atoms with Gasteiger partial charge in [-0.3, -0.25) is 4.79 Å². The molecule has 2 aliphatic carbocycles. The van der Waals surface area contributed by atoms with E-state index in [1.807, 2.05) is 0 Å². The molecule has 0 aromatic rings. The summed E-state index contributed by atoms with van der Waals surface area (Å²) in [7, 11) is 0. The molecule has 6 nitrogen and oxygen atoms in total. The quantitative estimate of drug-likeness (QED) is 0.577. The first kappa shape index (κ1) is 17.8. The molecule has 0 spiro atoms. The Labute approximate surface area is 135 Å². The summed E-state index contributed by atoms with van der Waals surface area (Å²) in [5, 5.41) is 8.03. The Morgan fingerprint density at radius 2 is 1.68 bits per heavy atom. The van der Waals surface area contributed by atoms with Gasteiger partial charge >= 0.3 is 35.7 Å². The van der Waals surface area contributed by atoms with Crippen LogP contribution >= 0.6 is 0 Å². The first-order valence-corrected chi connectivity index (χ1v) is 7.10. The summed E-state index contributed by atoms with van der Waals surface area (Å²) in [6.45, 7) is 0. The van der Waals surface area contributed by atoms with Crippen molar-refractivity contribution in [1.82, 2.24) is 0 Å². The summed E-state index contributed by atoms with van der Waals surface area (Å²) in [5.74, 6) is -27.4. The fourth-order valence-corrected chi connectivity index (χ4v) is 3.72. The zero-order valence-corrected chi connectivity index (χ0v) is 12.1. The highest BCUT2D eigenvalue weighted by Crippen LogP contribution is 2.56. The van der Waals surface area contributed by atoms with Crippen molar-refractivity contribution in [3.8, 4) is 0 Å². The molecule has 5 atom stereocenters. The number of hydrogen-bond donors (Lipinski definition) is 1. The highest BCUT2D eigenvalue weighted by atomic mass is 19.3. The highest BCUT2D eigenvalue weighted by Gasteiger charge is 2.79. The second kappa shape index (κ2) is 5.01. The monoisotopic (exact) mass is 376 g/mol. The van der Waals surface area contributed by atoms with E-state index < -0.39 is 65.6 Å². The van der Waals surface area contributed by atoms with Gasteiger partial charge < -0.3 is 14.6 Å². The Balaban J connectivity index is 1.79. The first-order valence-electron chi connectivity index (χ1n) is 7.10. The van der Waals surface area contributed by atoms with E-state index in [4.69, 9.17) is 9.84 Å². The molecular weight excluding hydrogens is 366 g/mol. The van der Waals surface area contributed by atoms with Gasteiger partial charge in [0.2, 0.25) is 0 Å². The summed E-state index contributed by atoms with van der Waals surface area (Å²) < 4.78 is 88.8. The molecule has 0 amide bonds. The minimum atomic E-state index is -6.52. The molecule has 2 bridgehead atoms. The zero-order chi connectivity index (χ0) is 18.9. The van der Waals surface area contributed by atoms with Crippen LogP contribution in [0.25, 0.3) is 0 Å². The molecule has 12 heteroatoms. The second-order valence-corrected chi connectivity index (χ2v) is 6.30. The van der Waals surface area contributed by atoms with Crippen LogP contribution in [0.4, 0.5) is 26.3 Å². The Hall–Kier alpha value is -2.01. The van der Waals surface area contributed by atoms with E-state index >= 15 is 0 Å². The van der Waals surface area contributed by atoms with Gasteiger partial charge in [0, 0.05) is 11.8 Å². The van der Waals surface area contributed by atoms with E-state index in [9.17, 15) is 40.7 Å². The molecule has 0 radical (unpaired) electrons. The number of carboxylic acid groups (broad SMARTS) is 1. The topological polar surface area (TPSA) is 89.9 Å². The largest absolute Gasteiger partial charge is 0.477 e. The van der Waals surface area contributed by atoms with Gasteiger partial charge in [-0.15, -0.1) is 0 Å². The Bertz CT molecular complexity index is 649. The predicted octanol–water partition coefficient (Wildman–Crippen LogP) is 1.47. The normalized spacial score (nSPS) is 34.2. The third kappa shape index (κ3) is 2.15. The van der Waals surface area contributed by atoms with Gasteiger partial charge in [0.05, 0.1) is 5.92 Å². The molecule has 2 saturated carbocycles. The van der Waals surface area contributed by atoms with E-state index in [1.165, 1.54) is 0 Å². The molecule has 3 fully saturated rings. The number of carbonyl (C=O) groups excluding carboxylic acids is 2. The summed E-state index contributed by atoms with van der Waals surface area (Å²) >= 11 is 0. The number of rotatable bonds is 5. The number of hydrogen-bond acceptors (Lipinski definition) is 5. The zero-order valence-electron chi connectivity index (χ0n) is 12.1. The third-order valence-electron chi connectivity index (χ3n) is 4.97. The summed E-state index contributed by atoms with van der Waals surface area (Å²) in [4.78, 5) is 33.1. The number of aliphatic carboxylic acids is 1. The molecule has 5 unspecified atom stereocenters. The number of halogens is 6. The number of carbonyl (C=O) groups is 3. The average molecular weight is 376 g/mol. The maximum atomic E-state index is 13.6. The predicted molar refractivity (Wildman–Crippen MR) is 61.9 cm³/mol. The van der Waals surface area contributed by atoms with Crippen molar-refractivity contribution in [3.05, 3.63) is 0 Å². The van der Waals surface area contributed by atoms with E-state index in [0.29, 0.717) is 0 Å². The molecule has 3 aliphatic rings. The molecule has 0 aromatic heterocycles. The third-order valence-corrected chi connectivity index (χ3v) is 4.97. The van der Waals surface area contributed by atoms with Gasteiger partial charge in [0.15, 0.2) is 0 Å². The second-order valence-electron chi connectivity index (χ2n) is 6.30. The van der Waals surface area contributed by atoms with Gasteiger partial charge in [-0.25, -0.2) is 9.59 Å². The standard InChI is InChI=1S/C13H10F6O6/c14-11(15,9(21)22)13(18,19)12(16,17)10(23)25-6-3-1-4-5(2-3)8(20)24-7(4)6/h3-7H,1-2H2,(H,21,22). The van der Waals surface area contributed by atoms with E-state index in [2.05, 4.69) is 4.74 Å². The van der Waals surface area contributed by atoms with E-state index in [-0.39, 0.29) is 12.8 Å². The molecule has 0 aromatic carbocycles. The van der Waals surface area contributed by atoms with Crippen molar-refractivity contribution in [2.75, 3.05) is 0 Å². The van der Waals surface area contributed by atoms with Crippen LogP contribution in [0.15, 0.2) is 0 Å². The fourth-order valence-electron chi connectivity index (χ4n) is 3.72. The molecule has 1 N–H and O–H groups in total. The van der Waals surface area contributed by atoms with Crippen LogP contribution in [-0.4, -0.2) is 53.0 Å². The van der Waals surface area contributed by atoms with Crippen molar-refractivity contribution >= 4 is 17.9 Å². The van der Waals surface area contributed by atoms with Crippen molar-refractivity contribution in [2.24, 2.45) is 17.8 Å². The van der Waals surface area contributed by atoms with Gasteiger partial charge in [-0.1, -0.05) is 0 Å². The van der Waals surface area contributed by atoms with Crippen molar-refractivity contribution in [2.45, 2.75) is 42.8 Å². The lowest BCUT2D eigenvalue weighted by Crippen LogP contribution is -2.62. The Morgan fingerprint density at radius 3 is 2.24 bits per heavy atom. The maximum absolute atomic E-state index is 13.6. The number of alkyl halides is 6. The van der Waals surface area contributed by atoms with Crippen LogP contribution in [0.3, 0.4) is 0 Å². The average Bonchev–Trinajstić information content (AvgIpc) is 3.11. The lowest BCUT2D eigenvalue weighted by molar-refractivity contribution is -0.302. The maximum Gasteiger partial charge on any atom is 0.411 e. The highest BCUT2D eigenvalue weighted by molar-refractivity contribution is 5.84. The van der Waals surface area contributed by atoms with Crippen molar-refractivity contribution in [1.29, 1.82) is 0 Å². The van der Waals surface area contributed by atoms with Crippen LogP contribution in [0.2, 0.25) is 0 Å². The van der Waals surface area contributed by atoms with Crippen LogP contribution in [-0.2, 0) is 23.9 Å². The molecule has 25 heavy (non-hydrogen) atoms. The molecular formula is C13H10F6O6. The number of fused-ring (bicyclic) bond motifs is 1. The van der Waals surface area contributed by atoms with E-state index in [1.54, 1.807) is 0 Å². The van der Waals surface area contributed by atoms with Crippen LogP contribution in [0.5, 0.6) is 0 Å². The summed E-state index contributed by atoms with van der Waals surface area (Å²) in [6.07, 6.45) is -2.12. The molecule has 140 valence electrons. The number of esters is 2. The summed E-state index contributed by atoms with van der Waals surface area (Å²) in [5.41, 5.74) is 0. The van der Waals surface area contributed by atoms with Crippen molar-refractivity contribution in [3.63, 3.8) is 0 Å². The van der Waals surface area contributed by atoms with Gasteiger partial charge in [-0.2, -0.15) is 26.3 Å². The number of ether oxygens (including phenoxy) is 2. The first-order chi connectivity index (χ1) is 11.3. The van der Waals surface area contributed by atoms with Gasteiger partial charge in [0.1, 0.15) is 12.2 Å². The fraction of sp³-hybridized carbons (Fsp3) is 0.769. The van der Waals surface area contributed by atoms with Crippen LogP contribution in [0.1, 0.15) is 12.8 Å². The van der Waals surface area contributed by atoms with Crippen LogP contribution < -0.4 is 0 Å². The minimum absolute atomic E-state index is 0.144. The number of carboxylic acids is 1. The van der Waals surface area contributed by atoms with Gasteiger partial charge in [-0.05, 0) is 12.8 Å². The van der Waals surface area contributed by atoms with Gasteiger partial charge in [0.25, 0.3) is 0 Å². The van der Waals surface area contributed by atoms with E-state index in [0.717, 1.165) is 0 Å². The molecule has 1 aliphatic heterocycles. The lowest BCUT2D eigenvalue weighted by Gasteiger charge is -2.31. The van der Waals surface area contributed by atoms with Crippen molar-refractivity contribution < 1.29 is 55.3 Å². The Kier molecular flexibility index (Phi) is 3.56. The smallest absolute Gasteiger partial charge is 0.411 e. The molecule has 3 rings (SSSR count). The van der Waals surface area contributed by atoms with Crippen LogP contribution in [0, 0.1) is 17.8 Å². The minimum Gasteiger partial charge on any atom is -0.477 e. The molecule has 1 heterocycles.